The van der Waals surface area contributed by atoms with Crippen molar-refractivity contribution in [2.24, 2.45) is 5.73 Å². The van der Waals surface area contributed by atoms with Crippen molar-refractivity contribution < 1.29 is 13.5 Å². The van der Waals surface area contributed by atoms with Crippen molar-refractivity contribution in [3.8, 4) is 6.07 Å². The Morgan fingerprint density at radius 2 is 1.60 bits per heavy atom. The molecule has 2 N–H and O–H groups in total. The first kappa shape index (κ1) is 22.6. The number of hydrogen-bond donors (Lipinski definition) is 1. The highest BCUT2D eigenvalue weighted by Crippen LogP contribution is 2.44. The molecule has 0 saturated heterocycles. The second-order valence-electron chi connectivity index (χ2n) is 8.68. The van der Waals surface area contributed by atoms with Gasteiger partial charge in [0.2, 0.25) is 5.88 Å². The second-order valence-corrected chi connectivity index (χ2v) is 8.68. The highest BCUT2D eigenvalue weighted by atomic mass is 19.1. The molecule has 1 atom stereocenters. The molecule has 0 radical (unpaired) electrons. The smallest absolute Gasteiger partial charge is 0.205 e. The number of hydrogen-bond acceptors (Lipinski definition) is 4. The zero-order chi connectivity index (χ0) is 24.4. The Hall–Kier alpha value is -4.21. The standard InChI is InChI=1S/C29H23F2N3O/c30-23-10-6-19(7-11-23)14-22-17-34(16-20-4-2-1-3-5-20)18-26-27(21-8-12-24(31)13-9-21)25(15-32)29(33)35-28(22)26/h1-14,27H,16-18,33H2/b22-14+/t27-/m0/s1. The van der Waals surface area contributed by atoms with Crippen LogP contribution in [0.5, 0.6) is 0 Å². The number of halogens is 2. The molecule has 5 rings (SSSR count). The molecule has 0 amide bonds. The molecule has 0 spiro atoms. The number of ether oxygens (including phenoxy) is 1. The number of rotatable bonds is 4. The van der Waals surface area contributed by atoms with Gasteiger partial charge < -0.3 is 10.5 Å². The van der Waals surface area contributed by atoms with E-state index in [1.54, 1.807) is 24.3 Å². The molecule has 0 unspecified atom stereocenters. The third-order valence-electron chi connectivity index (χ3n) is 6.27. The molecule has 2 aliphatic rings. The summed E-state index contributed by atoms with van der Waals surface area (Å²) in [6.07, 6.45) is 1.96. The molecule has 6 heteroatoms. The van der Waals surface area contributed by atoms with Crippen LogP contribution in [-0.2, 0) is 11.3 Å². The molecular weight excluding hydrogens is 444 g/mol. The van der Waals surface area contributed by atoms with Crippen LogP contribution in [0.15, 0.2) is 107 Å². The van der Waals surface area contributed by atoms with Crippen LogP contribution in [0.1, 0.15) is 22.6 Å². The van der Waals surface area contributed by atoms with Gasteiger partial charge in [0, 0.05) is 25.2 Å². The summed E-state index contributed by atoms with van der Waals surface area (Å²) >= 11 is 0. The van der Waals surface area contributed by atoms with Crippen molar-refractivity contribution in [2.45, 2.75) is 12.5 Å². The lowest BCUT2D eigenvalue weighted by Gasteiger charge is -2.38. The average molecular weight is 468 g/mol. The number of benzene rings is 3. The van der Waals surface area contributed by atoms with E-state index in [4.69, 9.17) is 10.5 Å². The van der Waals surface area contributed by atoms with Crippen LogP contribution in [0.4, 0.5) is 8.78 Å². The minimum absolute atomic E-state index is 0.0436. The molecule has 4 nitrogen and oxygen atoms in total. The lowest BCUT2D eigenvalue weighted by molar-refractivity contribution is 0.230. The lowest BCUT2D eigenvalue weighted by atomic mass is 9.80. The summed E-state index contributed by atoms with van der Waals surface area (Å²) in [6, 6.07) is 24.7. The fourth-order valence-electron chi connectivity index (χ4n) is 4.69. The SMILES string of the molecule is N#CC1=C(N)OC2=C(CN(Cc3ccccc3)C/C2=C\c2ccc(F)cc2)[C@H]1c1ccc(F)cc1. The second kappa shape index (κ2) is 9.57. The summed E-state index contributed by atoms with van der Waals surface area (Å²) in [6.45, 7) is 1.82. The van der Waals surface area contributed by atoms with E-state index in [0.717, 1.165) is 27.8 Å². The van der Waals surface area contributed by atoms with Crippen LogP contribution in [0.2, 0.25) is 0 Å². The van der Waals surface area contributed by atoms with Gasteiger partial charge in [-0.05, 0) is 52.6 Å². The quantitative estimate of drug-likeness (QED) is 0.541. The van der Waals surface area contributed by atoms with Gasteiger partial charge in [0.05, 0.1) is 5.92 Å². The summed E-state index contributed by atoms with van der Waals surface area (Å²) in [5, 5.41) is 9.94. The summed E-state index contributed by atoms with van der Waals surface area (Å²) < 4.78 is 33.2. The van der Waals surface area contributed by atoms with Crippen molar-refractivity contribution in [1.82, 2.24) is 4.90 Å². The molecule has 3 aromatic rings. The van der Waals surface area contributed by atoms with Gasteiger partial charge in [-0.1, -0.05) is 54.6 Å². The van der Waals surface area contributed by atoms with Gasteiger partial charge in [0.15, 0.2) is 0 Å². The Kier molecular flexibility index (Phi) is 6.17. The highest BCUT2D eigenvalue weighted by Gasteiger charge is 2.37. The van der Waals surface area contributed by atoms with Gasteiger partial charge in [0.25, 0.3) is 0 Å². The molecule has 0 fully saturated rings. The fourth-order valence-corrected chi connectivity index (χ4v) is 4.69. The molecular formula is C29H23F2N3O. The Morgan fingerprint density at radius 3 is 2.26 bits per heavy atom. The van der Waals surface area contributed by atoms with Gasteiger partial charge in [-0.3, -0.25) is 4.90 Å². The number of nitriles is 1. The van der Waals surface area contributed by atoms with E-state index >= 15 is 0 Å². The van der Waals surface area contributed by atoms with E-state index in [-0.39, 0.29) is 17.5 Å². The minimum Gasteiger partial charge on any atom is -0.440 e. The van der Waals surface area contributed by atoms with E-state index in [2.05, 4.69) is 23.1 Å². The molecule has 0 bridgehead atoms. The Labute approximate surface area is 202 Å². The molecule has 0 saturated carbocycles. The maximum atomic E-state index is 13.7. The van der Waals surface area contributed by atoms with Gasteiger partial charge >= 0.3 is 0 Å². The van der Waals surface area contributed by atoms with Crippen LogP contribution >= 0.6 is 0 Å². The number of allylic oxidation sites excluding steroid dienone is 1. The molecule has 174 valence electrons. The summed E-state index contributed by atoms with van der Waals surface area (Å²) in [5.41, 5.74) is 11.0. The normalized spacial score (nSPS) is 19.3. The lowest BCUT2D eigenvalue weighted by Crippen LogP contribution is -2.37. The Morgan fingerprint density at radius 1 is 0.943 bits per heavy atom. The van der Waals surface area contributed by atoms with Gasteiger partial charge in [-0.2, -0.15) is 5.26 Å². The number of nitrogens with zero attached hydrogens (tertiary/aromatic N) is 2. The zero-order valence-electron chi connectivity index (χ0n) is 18.9. The van der Waals surface area contributed by atoms with Crippen molar-refractivity contribution >= 4 is 6.08 Å². The first-order chi connectivity index (χ1) is 17.0. The molecule has 35 heavy (non-hydrogen) atoms. The van der Waals surface area contributed by atoms with Crippen molar-refractivity contribution in [3.63, 3.8) is 0 Å². The molecule has 2 aliphatic heterocycles. The molecule has 3 aromatic carbocycles. The van der Waals surface area contributed by atoms with Crippen LogP contribution in [0, 0.1) is 23.0 Å². The van der Waals surface area contributed by atoms with Crippen molar-refractivity contribution in [1.29, 1.82) is 5.26 Å². The van der Waals surface area contributed by atoms with E-state index in [1.165, 1.54) is 24.3 Å². The van der Waals surface area contributed by atoms with E-state index in [0.29, 0.717) is 31.0 Å². The Balaban J connectivity index is 1.62. The highest BCUT2D eigenvalue weighted by molar-refractivity contribution is 5.63. The van der Waals surface area contributed by atoms with Gasteiger partial charge in [-0.15, -0.1) is 0 Å². The van der Waals surface area contributed by atoms with Crippen LogP contribution in [0.25, 0.3) is 6.08 Å². The summed E-state index contributed by atoms with van der Waals surface area (Å²) in [4.78, 5) is 2.26. The van der Waals surface area contributed by atoms with E-state index in [1.807, 2.05) is 24.3 Å². The fraction of sp³-hybridized carbons (Fsp3) is 0.138. The average Bonchev–Trinajstić information content (AvgIpc) is 2.86. The first-order valence-corrected chi connectivity index (χ1v) is 11.3. The van der Waals surface area contributed by atoms with Crippen LogP contribution in [-0.4, -0.2) is 18.0 Å². The monoisotopic (exact) mass is 467 g/mol. The molecule has 2 heterocycles. The first-order valence-electron chi connectivity index (χ1n) is 11.3. The third-order valence-corrected chi connectivity index (χ3v) is 6.27. The zero-order valence-corrected chi connectivity index (χ0v) is 18.9. The number of nitrogens with two attached hydrogens (primary N) is 1. The van der Waals surface area contributed by atoms with Crippen molar-refractivity contribution in [2.75, 3.05) is 13.1 Å². The maximum absolute atomic E-state index is 13.7. The van der Waals surface area contributed by atoms with E-state index < -0.39 is 5.92 Å². The summed E-state index contributed by atoms with van der Waals surface area (Å²) in [7, 11) is 0. The topological polar surface area (TPSA) is 62.3 Å². The van der Waals surface area contributed by atoms with E-state index in [9.17, 15) is 14.0 Å². The van der Waals surface area contributed by atoms with Crippen LogP contribution in [0.3, 0.4) is 0 Å². The van der Waals surface area contributed by atoms with Crippen molar-refractivity contribution in [3.05, 3.63) is 136 Å². The van der Waals surface area contributed by atoms with Crippen LogP contribution < -0.4 is 5.73 Å². The largest absolute Gasteiger partial charge is 0.440 e. The Bertz CT molecular complexity index is 1370. The van der Waals surface area contributed by atoms with Gasteiger partial charge in [0.1, 0.15) is 29.0 Å². The summed E-state index contributed by atoms with van der Waals surface area (Å²) in [5.74, 6) is -0.458. The van der Waals surface area contributed by atoms with Gasteiger partial charge in [-0.25, -0.2) is 8.78 Å². The minimum atomic E-state index is -0.459. The molecule has 0 aliphatic carbocycles. The predicted molar refractivity (Wildman–Crippen MR) is 130 cm³/mol. The molecule has 0 aromatic heterocycles. The predicted octanol–water partition coefficient (Wildman–Crippen LogP) is 5.63. The third kappa shape index (κ3) is 4.72. The maximum Gasteiger partial charge on any atom is 0.205 e.